The molecule has 0 unspecified atom stereocenters. The van der Waals surface area contributed by atoms with Crippen molar-refractivity contribution in [2.75, 3.05) is 4.90 Å². The molecule has 1 aliphatic heterocycles. The summed E-state index contributed by atoms with van der Waals surface area (Å²) in [5, 5.41) is 7.31. The number of aromatic nitrogens is 1. The summed E-state index contributed by atoms with van der Waals surface area (Å²) in [5.41, 5.74) is 14.3. The lowest BCUT2D eigenvalue weighted by Crippen LogP contribution is -2.16. The molecule has 0 spiro atoms. The second kappa shape index (κ2) is 11.5. The zero-order chi connectivity index (χ0) is 37.1. The number of hydrogen-bond donors (Lipinski definition) is 0. The monoisotopic (exact) mass is 716 g/mol. The van der Waals surface area contributed by atoms with Gasteiger partial charge in [-0.2, -0.15) is 0 Å². The van der Waals surface area contributed by atoms with Crippen LogP contribution in [0.2, 0.25) is 0 Å². The Morgan fingerprint density at radius 3 is 1.98 bits per heavy atom. The molecule has 0 saturated heterocycles. The fourth-order valence-corrected chi connectivity index (χ4v) is 9.74. The lowest BCUT2D eigenvalue weighted by Gasteiger charge is -2.29. The van der Waals surface area contributed by atoms with Gasteiger partial charge >= 0.3 is 0 Å². The quantitative estimate of drug-likeness (QED) is 0.180. The Balaban J connectivity index is 1.12. The normalized spacial score (nSPS) is 13.5. The summed E-state index contributed by atoms with van der Waals surface area (Å²) in [6.07, 6.45) is 0. The van der Waals surface area contributed by atoms with E-state index in [2.05, 4.69) is 205 Å². The molecule has 3 heteroatoms. The van der Waals surface area contributed by atoms with Gasteiger partial charge in [0.25, 0.3) is 0 Å². The topological polar surface area (TPSA) is 17.4 Å². The first-order chi connectivity index (χ1) is 27.5. The Morgan fingerprint density at radius 1 is 0.429 bits per heavy atom. The number of anilines is 3. The van der Waals surface area contributed by atoms with E-state index in [1.54, 1.807) is 0 Å². The molecule has 0 radical (unpaired) electrons. The fourth-order valence-electron chi connectivity index (χ4n) is 9.74. The van der Waals surface area contributed by atoms with Crippen molar-refractivity contribution in [1.82, 2.24) is 4.57 Å². The highest BCUT2D eigenvalue weighted by Crippen LogP contribution is 2.53. The first-order valence-electron chi connectivity index (χ1n) is 19.4. The van der Waals surface area contributed by atoms with Gasteiger partial charge in [0, 0.05) is 56.0 Å². The van der Waals surface area contributed by atoms with Crippen molar-refractivity contribution >= 4 is 60.4 Å². The second-order valence-corrected chi connectivity index (χ2v) is 15.7. The molecule has 3 nitrogen and oxygen atoms in total. The molecule has 0 saturated carbocycles. The average molecular weight is 717 g/mol. The van der Waals surface area contributed by atoms with Crippen LogP contribution in [0.15, 0.2) is 182 Å². The Morgan fingerprint density at radius 2 is 1.09 bits per heavy atom. The molecule has 0 bridgehead atoms. The van der Waals surface area contributed by atoms with Crippen LogP contribution in [0.3, 0.4) is 0 Å². The first kappa shape index (κ1) is 31.3. The minimum Gasteiger partial charge on any atom is -0.456 e. The minimum atomic E-state index is -0.138. The van der Waals surface area contributed by atoms with Gasteiger partial charge in [-0.1, -0.05) is 123 Å². The maximum absolute atomic E-state index is 6.76. The molecule has 56 heavy (non-hydrogen) atoms. The number of ether oxygens (including phenoxy) is 1. The Hall–Kier alpha value is -7.10. The van der Waals surface area contributed by atoms with Crippen molar-refractivity contribution in [3.05, 3.63) is 193 Å². The molecule has 2 aliphatic rings. The van der Waals surface area contributed by atoms with E-state index in [-0.39, 0.29) is 5.41 Å². The molecule has 0 amide bonds. The van der Waals surface area contributed by atoms with Crippen LogP contribution in [-0.4, -0.2) is 4.57 Å². The number of fused-ring (bicyclic) bond motifs is 10. The molecular formula is C53H36N2O. The van der Waals surface area contributed by atoms with Crippen molar-refractivity contribution in [1.29, 1.82) is 0 Å². The summed E-state index contributed by atoms with van der Waals surface area (Å²) in [6, 6.07) is 66.5. The van der Waals surface area contributed by atoms with E-state index in [1.165, 1.54) is 71.2 Å². The second-order valence-electron chi connectivity index (χ2n) is 15.7. The molecule has 0 N–H and O–H groups in total. The standard InChI is InChI=1S/C53H36N2O/c1-53(2)45-20-9-8-18-40(45)41-26-23-37(31-46(41)53)54(38-24-27-42-43-19-10-13-34-14-11-21-49(51(34)43)56-50(42)32-38)36-25-29-47-44(30-36)52-39-17-7-6-12-33(39)22-28-48(52)55(47)35-15-4-3-5-16-35/h3-32H,1-2H3. The number of hydrogen-bond acceptors (Lipinski definition) is 2. The predicted molar refractivity (Wildman–Crippen MR) is 234 cm³/mol. The molecule has 1 aromatic heterocycles. The third kappa shape index (κ3) is 4.34. The maximum atomic E-state index is 6.76. The maximum Gasteiger partial charge on any atom is 0.137 e. The fraction of sp³-hybridized carbons (Fsp3) is 0.0566. The van der Waals surface area contributed by atoms with Crippen LogP contribution < -0.4 is 9.64 Å². The molecule has 0 fully saturated rings. The van der Waals surface area contributed by atoms with Gasteiger partial charge in [-0.25, -0.2) is 0 Å². The first-order valence-corrected chi connectivity index (χ1v) is 19.4. The molecule has 10 aromatic rings. The van der Waals surface area contributed by atoms with Crippen molar-refractivity contribution in [2.24, 2.45) is 0 Å². The van der Waals surface area contributed by atoms with Gasteiger partial charge in [0.1, 0.15) is 11.5 Å². The van der Waals surface area contributed by atoms with Crippen LogP contribution in [0.1, 0.15) is 25.0 Å². The Labute approximate surface area is 325 Å². The van der Waals surface area contributed by atoms with Crippen LogP contribution in [0.5, 0.6) is 11.5 Å². The number of rotatable bonds is 4. The summed E-state index contributed by atoms with van der Waals surface area (Å²) in [4.78, 5) is 2.42. The van der Waals surface area contributed by atoms with Gasteiger partial charge in [-0.05, 0) is 111 Å². The van der Waals surface area contributed by atoms with Crippen LogP contribution in [0, 0.1) is 0 Å². The van der Waals surface area contributed by atoms with Gasteiger partial charge in [-0.15, -0.1) is 0 Å². The number of benzene rings is 9. The zero-order valence-corrected chi connectivity index (χ0v) is 31.1. The van der Waals surface area contributed by atoms with E-state index >= 15 is 0 Å². The van der Waals surface area contributed by atoms with Gasteiger partial charge in [0.05, 0.1) is 11.0 Å². The lowest BCUT2D eigenvalue weighted by atomic mass is 9.82. The third-order valence-corrected chi connectivity index (χ3v) is 12.3. The molecule has 1 aliphatic carbocycles. The van der Waals surface area contributed by atoms with Crippen molar-refractivity contribution < 1.29 is 4.74 Å². The van der Waals surface area contributed by atoms with Crippen LogP contribution in [-0.2, 0) is 5.41 Å². The highest BCUT2D eigenvalue weighted by Gasteiger charge is 2.36. The molecule has 2 heterocycles. The van der Waals surface area contributed by atoms with Crippen molar-refractivity contribution in [2.45, 2.75) is 19.3 Å². The van der Waals surface area contributed by atoms with Gasteiger partial charge in [0.15, 0.2) is 0 Å². The summed E-state index contributed by atoms with van der Waals surface area (Å²) >= 11 is 0. The van der Waals surface area contributed by atoms with Crippen LogP contribution in [0.25, 0.3) is 71.3 Å². The smallest absolute Gasteiger partial charge is 0.137 e. The van der Waals surface area contributed by atoms with E-state index in [1.807, 2.05) is 0 Å². The van der Waals surface area contributed by atoms with Gasteiger partial charge in [-0.3, -0.25) is 0 Å². The highest BCUT2D eigenvalue weighted by atomic mass is 16.5. The van der Waals surface area contributed by atoms with Crippen LogP contribution in [0.4, 0.5) is 17.1 Å². The third-order valence-electron chi connectivity index (χ3n) is 12.3. The van der Waals surface area contributed by atoms with E-state index < -0.39 is 0 Å². The predicted octanol–water partition coefficient (Wildman–Crippen LogP) is 14.6. The summed E-state index contributed by atoms with van der Waals surface area (Å²) in [5.74, 6) is 1.76. The van der Waals surface area contributed by atoms with Crippen molar-refractivity contribution in [3.63, 3.8) is 0 Å². The highest BCUT2D eigenvalue weighted by molar-refractivity contribution is 6.22. The van der Waals surface area contributed by atoms with E-state index in [0.29, 0.717) is 0 Å². The Bertz CT molecular complexity index is 3260. The average Bonchev–Trinajstić information content (AvgIpc) is 3.69. The molecule has 0 atom stereocenters. The van der Waals surface area contributed by atoms with Gasteiger partial charge < -0.3 is 14.2 Å². The Kier molecular flexibility index (Phi) is 6.40. The minimum absolute atomic E-state index is 0.138. The zero-order valence-electron chi connectivity index (χ0n) is 31.1. The number of nitrogens with zero attached hydrogens (tertiary/aromatic N) is 2. The number of para-hydroxylation sites is 1. The SMILES string of the molecule is CC1(C)c2ccccc2-c2ccc(N(c3ccc4c(c3)Oc3cccc5cccc-4c35)c3ccc4c(c3)c3c5ccccc5ccc3n4-c3ccccc3)cc21. The molecule has 12 rings (SSSR count). The van der Waals surface area contributed by atoms with E-state index in [0.717, 1.165) is 39.8 Å². The molecule has 9 aromatic carbocycles. The van der Waals surface area contributed by atoms with Gasteiger partial charge in [0.2, 0.25) is 0 Å². The largest absolute Gasteiger partial charge is 0.456 e. The van der Waals surface area contributed by atoms with Crippen LogP contribution >= 0.6 is 0 Å². The van der Waals surface area contributed by atoms with Crippen molar-refractivity contribution in [3.8, 4) is 39.4 Å². The van der Waals surface area contributed by atoms with E-state index in [9.17, 15) is 0 Å². The summed E-state index contributed by atoms with van der Waals surface area (Å²) in [7, 11) is 0. The summed E-state index contributed by atoms with van der Waals surface area (Å²) < 4.78 is 9.17. The molecular weight excluding hydrogens is 681 g/mol. The summed E-state index contributed by atoms with van der Waals surface area (Å²) in [6.45, 7) is 4.71. The molecule has 264 valence electrons. The van der Waals surface area contributed by atoms with E-state index in [4.69, 9.17) is 4.74 Å². The lowest BCUT2D eigenvalue weighted by molar-refractivity contribution is 0.487.